The van der Waals surface area contributed by atoms with Crippen molar-refractivity contribution in [1.29, 1.82) is 0 Å². The van der Waals surface area contributed by atoms with Crippen molar-refractivity contribution >= 4 is 17.0 Å². The minimum Gasteiger partial charge on any atom is -0.421 e. The van der Waals surface area contributed by atoms with E-state index in [0.29, 0.717) is 17.0 Å². The van der Waals surface area contributed by atoms with E-state index in [-0.39, 0.29) is 5.97 Å². The van der Waals surface area contributed by atoms with Crippen LogP contribution < -0.4 is 4.74 Å². The third kappa shape index (κ3) is 1.84. The van der Waals surface area contributed by atoms with Crippen molar-refractivity contribution in [2.24, 2.45) is 0 Å². The summed E-state index contributed by atoms with van der Waals surface area (Å²) in [6, 6.07) is 12.5. The molecule has 0 bridgehead atoms. The zero-order chi connectivity index (χ0) is 12.4. The average Bonchev–Trinajstić information content (AvgIpc) is 2.83. The highest BCUT2D eigenvalue weighted by molar-refractivity contribution is 5.94. The smallest absolute Gasteiger partial charge is 0.343 e. The molecule has 4 nitrogen and oxygen atoms in total. The number of hydrogen-bond acceptors (Lipinski definition) is 3. The SMILES string of the molecule is O=C(Oc1c[nH]c2ncccc12)c1ccccc1. The molecule has 3 aromatic rings. The van der Waals surface area contributed by atoms with Crippen LogP contribution in [0.2, 0.25) is 0 Å². The van der Waals surface area contributed by atoms with Gasteiger partial charge in [-0.05, 0) is 24.3 Å². The molecule has 0 atom stereocenters. The predicted octanol–water partition coefficient (Wildman–Crippen LogP) is 2.78. The Morgan fingerprint density at radius 1 is 1.11 bits per heavy atom. The monoisotopic (exact) mass is 238 g/mol. The second kappa shape index (κ2) is 4.33. The molecule has 4 heteroatoms. The van der Waals surface area contributed by atoms with Gasteiger partial charge in [-0.25, -0.2) is 9.78 Å². The van der Waals surface area contributed by atoms with Crippen molar-refractivity contribution in [2.75, 3.05) is 0 Å². The van der Waals surface area contributed by atoms with Crippen molar-refractivity contribution in [3.8, 4) is 5.75 Å². The fraction of sp³-hybridized carbons (Fsp3) is 0. The van der Waals surface area contributed by atoms with Crippen molar-refractivity contribution in [2.45, 2.75) is 0 Å². The normalized spacial score (nSPS) is 10.4. The first-order chi connectivity index (χ1) is 8.84. The molecule has 0 amide bonds. The van der Waals surface area contributed by atoms with Crippen LogP contribution in [0.3, 0.4) is 0 Å². The summed E-state index contributed by atoms with van der Waals surface area (Å²) in [6.07, 6.45) is 3.32. The number of benzene rings is 1. The first-order valence-corrected chi connectivity index (χ1v) is 5.54. The van der Waals surface area contributed by atoms with Gasteiger partial charge in [0.15, 0.2) is 5.75 Å². The van der Waals surface area contributed by atoms with Gasteiger partial charge in [0, 0.05) is 12.4 Å². The Labute approximate surface area is 103 Å². The van der Waals surface area contributed by atoms with E-state index >= 15 is 0 Å². The standard InChI is InChI=1S/C14H10N2O2/c17-14(10-5-2-1-3-6-10)18-12-9-16-13-11(12)7-4-8-15-13/h1-9H,(H,15,16). The molecular weight excluding hydrogens is 228 g/mol. The molecule has 0 aliphatic rings. The van der Waals surface area contributed by atoms with Crippen LogP contribution in [0.5, 0.6) is 5.75 Å². The first-order valence-electron chi connectivity index (χ1n) is 5.54. The van der Waals surface area contributed by atoms with Crippen LogP contribution in [-0.2, 0) is 0 Å². The van der Waals surface area contributed by atoms with E-state index in [2.05, 4.69) is 9.97 Å². The lowest BCUT2D eigenvalue weighted by molar-refractivity contribution is 0.0737. The summed E-state index contributed by atoms with van der Waals surface area (Å²) in [5.41, 5.74) is 1.23. The Bertz CT molecular complexity index is 689. The number of ether oxygens (including phenoxy) is 1. The van der Waals surface area contributed by atoms with E-state index in [1.807, 2.05) is 12.1 Å². The number of fused-ring (bicyclic) bond motifs is 1. The lowest BCUT2D eigenvalue weighted by Crippen LogP contribution is -2.07. The summed E-state index contributed by atoms with van der Waals surface area (Å²) < 4.78 is 5.34. The number of H-pyrrole nitrogens is 1. The van der Waals surface area contributed by atoms with Gasteiger partial charge in [0.2, 0.25) is 0 Å². The summed E-state index contributed by atoms with van der Waals surface area (Å²) in [5, 5.41) is 0.793. The number of pyridine rings is 1. The lowest BCUT2D eigenvalue weighted by atomic mass is 10.2. The molecule has 0 unspecified atom stereocenters. The fourth-order valence-corrected chi connectivity index (χ4v) is 1.75. The van der Waals surface area contributed by atoms with Gasteiger partial charge < -0.3 is 9.72 Å². The summed E-state index contributed by atoms with van der Waals surface area (Å²) in [6.45, 7) is 0. The Kier molecular flexibility index (Phi) is 2.53. The Morgan fingerprint density at radius 2 is 1.94 bits per heavy atom. The maximum absolute atomic E-state index is 11.9. The van der Waals surface area contributed by atoms with Crippen LogP contribution in [0.4, 0.5) is 0 Å². The molecule has 0 saturated carbocycles. The number of carbonyl (C=O) groups is 1. The second-order valence-corrected chi connectivity index (χ2v) is 3.81. The van der Waals surface area contributed by atoms with Gasteiger partial charge >= 0.3 is 5.97 Å². The molecule has 0 spiro atoms. The van der Waals surface area contributed by atoms with Crippen LogP contribution in [0.1, 0.15) is 10.4 Å². The topological polar surface area (TPSA) is 55.0 Å². The zero-order valence-corrected chi connectivity index (χ0v) is 9.46. The summed E-state index contributed by atoms with van der Waals surface area (Å²) in [7, 11) is 0. The van der Waals surface area contributed by atoms with E-state index in [9.17, 15) is 4.79 Å². The number of esters is 1. The van der Waals surface area contributed by atoms with E-state index in [1.54, 1.807) is 42.7 Å². The maximum Gasteiger partial charge on any atom is 0.343 e. The van der Waals surface area contributed by atoms with Gasteiger partial charge in [-0.1, -0.05) is 18.2 Å². The molecule has 0 radical (unpaired) electrons. The molecular formula is C14H10N2O2. The minimum absolute atomic E-state index is 0.375. The van der Waals surface area contributed by atoms with Gasteiger partial charge in [0.1, 0.15) is 5.65 Å². The predicted molar refractivity (Wildman–Crippen MR) is 67.5 cm³/mol. The molecule has 88 valence electrons. The van der Waals surface area contributed by atoms with Crippen LogP contribution >= 0.6 is 0 Å². The maximum atomic E-state index is 11.9. The quantitative estimate of drug-likeness (QED) is 0.698. The molecule has 2 aromatic heterocycles. The average molecular weight is 238 g/mol. The molecule has 0 aliphatic heterocycles. The van der Waals surface area contributed by atoms with Gasteiger partial charge in [-0.15, -0.1) is 0 Å². The van der Waals surface area contributed by atoms with Crippen molar-refractivity contribution in [3.05, 3.63) is 60.4 Å². The number of carbonyl (C=O) groups excluding carboxylic acids is 1. The summed E-state index contributed by atoms with van der Waals surface area (Å²) in [5.74, 6) is 0.118. The lowest BCUT2D eigenvalue weighted by Gasteiger charge is -2.02. The van der Waals surface area contributed by atoms with E-state index in [0.717, 1.165) is 5.39 Å². The van der Waals surface area contributed by atoms with Crippen LogP contribution in [0, 0.1) is 0 Å². The number of hydrogen-bond donors (Lipinski definition) is 1. The van der Waals surface area contributed by atoms with Crippen molar-refractivity contribution < 1.29 is 9.53 Å². The molecule has 0 saturated heterocycles. The van der Waals surface area contributed by atoms with Gasteiger partial charge in [0.25, 0.3) is 0 Å². The van der Waals surface area contributed by atoms with Crippen LogP contribution in [0.25, 0.3) is 11.0 Å². The molecule has 2 heterocycles. The molecule has 0 fully saturated rings. The van der Waals surface area contributed by atoms with Crippen molar-refractivity contribution in [3.63, 3.8) is 0 Å². The first kappa shape index (κ1) is 10.5. The number of aromatic nitrogens is 2. The molecule has 3 rings (SSSR count). The highest BCUT2D eigenvalue weighted by Gasteiger charge is 2.11. The van der Waals surface area contributed by atoms with E-state index in [1.165, 1.54) is 0 Å². The van der Waals surface area contributed by atoms with Gasteiger partial charge in [0.05, 0.1) is 10.9 Å². The fourth-order valence-electron chi connectivity index (χ4n) is 1.75. The zero-order valence-electron chi connectivity index (χ0n) is 9.46. The highest BCUT2D eigenvalue weighted by Crippen LogP contribution is 2.24. The third-order valence-electron chi connectivity index (χ3n) is 2.63. The molecule has 1 aromatic carbocycles. The Morgan fingerprint density at radius 3 is 2.78 bits per heavy atom. The largest absolute Gasteiger partial charge is 0.421 e. The van der Waals surface area contributed by atoms with E-state index < -0.39 is 0 Å². The van der Waals surface area contributed by atoms with Gasteiger partial charge in [-0.3, -0.25) is 0 Å². The van der Waals surface area contributed by atoms with Crippen LogP contribution in [0.15, 0.2) is 54.9 Å². The summed E-state index contributed by atoms with van der Waals surface area (Å²) in [4.78, 5) is 19.0. The molecule has 18 heavy (non-hydrogen) atoms. The number of nitrogens with one attached hydrogen (secondary N) is 1. The summed E-state index contributed by atoms with van der Waals surface area (Å²) >= 11 is 0. The Balaban J connectivity index is 1.91. The van der Waals surface area contributed by atoms with E-state index in [4.69, 9.17) is 4.74 Å². The number of aromatic amines is 1. The Hall–Kier alpha value is -2.62. The number of nitrogens with zero attached hydrogens (tertiary/aromatic N) is 1. The van der Waals surface area contributed by atoms with Crippen molar-refractivity contribution in [1.82, 2.24) is 9.97 Å². The number of rotatable bonds is 2. The second-order valence-electron chi connectivity index (χ2n) is 3.81. The third-order valence-corrected chi connectivity index (χ3v) is 2.63. The molecule has 0 aliphatic carbocycles. The van der Waals surface area contributed by atoms with Gasteiger partial charge in [-0.2, -0.15) is 0 Å². The highest BCUT2D eigenvalue weighted by atomic mass is 16.5. The molecule has 1 N–H and O–H groups in total. The van der Waals surface area contributed by atoms with Crippen LogP contribution in [-0.4, -0.2) is 15.9 Å². The minimum atomic E-state index is -0.375.